The quantitative estimate of drug-likeness (QED) is 0.454. The molecule has 0 amide bonds. The Morgan fingerprint density at radius 1 is 0.783 bits per heavy atom. The summed E-state index contributed by atoms with van der Waals surface area (Å²) in [6.07, 6.45) is 0. The van der Waals surface area contributed by atoms with Crippen LogP contribution in [0.1, 0.15) is 21.5 Å². The molecule has 3 aromatic rings. The van der Waals surface area contributed by atoms with Crippen LogP contribution in [0, 0.1) is 6.92 Å². The lowest BCUT2D eigenvalue weighted by Crippen LogP contribution is -2.01. The molecule has 0 spiro atoms. The highest BCUT2D eigenvalue weighted by Crippen LogP contribution is 2.24. The van der Waals surface area contributed by atoms with Gasteiger partial charge in [0, 0.05) is 5.56 Å². The van der Waals surface area contributed by atoms with Crippen molar-refractivity contribution in [2.75, 3.05) is 0 Å². The molecule has 0 aliphatic rings. The summed E-state index contributed by atoms with van der Waals surface area (Å²) in [7, 11) is 0. The van der Waals surface area contributed by atoms with E-state index in [0.717, 1.165) is 11.3 Å². The summed E-state index contributed by atoms with van der Waals surface area (Å²) in [6.45, 7) is 1.97. The van der Waals surface area contributed by atoms with Gasteiger partial charge in [-0.15, -0.1) is 5.11 Å². The monoisotopic (exact) mass is 300 g/mol. The van der Waals surface area contributed by atoms with E-state index in [1.807, 2.05) is 73.7 Å². The SMILES string of the molecule is Cc1cccc(C(=O)c2ccccc2N=Nc2ccccc2)c1. The largest absolute Gasteiger partial charge is 0.289 e. The topological polar surface area (TPSA) is 41.8 Å². The minimum absolute atomic E-state index is 0.0451. The molecular formula is C20H16N2O. The van der Waals surface area contributed by atoms with E-state index in [1.165, 1.54) is 0 Å². The number of carbonyl (C=O) groups excluding carboxylic acids is 1. The Bertz CT molecular complexity index is 854. The van der Waals surface area contributed by atoms with Crippen molar-refractivity contribution in [2.45, 2.75) is 6.92 Å². The van der Waals surface area contributed by atoms with E-state index in [2.05, 4.69) is 10.2 Å². The molecule has 0 heterocycles. The molecule has 0 bridgehead atoms. The highest BCUT2D eigenvalue weighted by atomic mass is 16.1. The standard InChI is InChI=1S/C20H16N2O/c1-15-8-7-9-16(14-15)20(23)18-12-5-6-13-19(18)22-21-17-10-3-2-4-11-17/h2-14H,1H3. The first-order chi connectivity index (χ1) is 11.2. The number of benzene rings is 3. The van der Waals surface area contributed by atoms with Crippen molar-refractivity contribution in [1.82, 2.24) is 0 Å². The molecule has 3 aromatic carbocycles. The normalized spacial score (nSPS) is 10.8. The second kappa shape index (κ2) is 6.79. The average molecular weight is 300 g/mol. The molecule has 112 valence electrons. The van der Waals surface area contributed by atoms with E-state index in [9.17, 15) is 4.79 Å². The van der Waals surface area contributed by atoms with E-state index in [-0.39, 0.29) is 5.78 Å². The van der Waals surface area contributed by atoms with Crippen molar-refractivity contribution in [3.8, 4) is 0 Å². The molecule has 0 aromatic heterocycles. The lowest BCUT2D eigenvalue weighted by atomic mass is 10.0. The van der Waals surface area contributed by atoms with Crippen LogP contribution in [0.5, 0.6) is 0 Å². The predicted octanol–water partition coefficient (Wildman–Crippen LogP) is 5.64. The number of aryl methyl sites for hydroxylation is 1. The third-order valence-electron chi connectivity index (χ3n) is 3.46. The van der Waals surface area contributed by atoms with Gasteiger partial charge in [-0.05, 0) is 37.3 Å². The third-order valence-corrected chi connectivity index (χ3v) is 3.46. The Morgan fingerprint density at radius 2 is 1.52 bits per heavy atom. The van der Waals surface area contributed by atoms with Gasteiger partial charge < -0.3 is 0 Å². The summed E-state index contributed by atoms with van der Waals surface area (Å²) < 4.78 is 0. The maximum atomic E-state index is 12.7. The van der Waals surface area contributed by atoms with E-state index in [1.54, 1.807) is 12.1 Å². The Labute approximate surface area is 135 Å². The molecule has 0 N–H and O–H groups in total. The minimum atomic E-state index is -0.0451. The molecule has 0 saturated heterocycles. The predicted molar refractivity (Wildman–Crippen MR) is 91.7 cm³/mol. The fraction of sp³-hybridized carbons (Fsp3) is 0.0500. The third kappa shape index (κ3) is 3.58. The molecule has 0 aliphatic heterocycles. The van der Waals surface area contributed by atoms with Gasteiger partial charge in [0.05, 0.1) is 16.9 Å². The Kier molecular flexibility index (Phi) is 4.39. The van der Waals surface area contributed by atoms with Crippen molar-refractivity contribution >= 4 is 17.2 Å². The number of hydrogen-bond donors (Lipinski definition) is 0. The van der Waals surface area contributed by atoms with E-state index in [4.69, 9.17) is 0 Å². The first-order valence-corrected chi connectivity index (χ1v) is 7.41. The maximum absolute atomic E-state index is 12.7. The van der Waals surface area contributed by atoms with Gasteiger partial charge in [-0.25, -0.2) is 0 Å². The van der Waals surface area contributed by atoms with Gasteiger partial charge in [-0.1, -0.05) is 54.1 Å². The number of nitrogens with zero attached hydrogens (tertiary/aromatic N) is 2. The van der Waals surface area contributed by atoms with Gasteiger partial charge in [-0.2, -0.15) is 5.11 Å². The Morgan fingerprint density at radius 3 is 2.30 bits per heavy atom. The summed E-state index contributed by atoms with van der Waals surface area (Å²) >= 11 is 0. The molecule has 0 saturated carbocycles. The molecule has 23 heavy (non-hydrogen) atoms. The number of hydrogen-bond acceptors (Lipinski definition) is 3. The second-order valence-electron chi connectivity index (χ2n) is 5.25. The minimum Gasteiger partial charge on any atom is -0.289 e. The molecule has 3 rings (SSSR count). The van der Waals surface area contributed by atoms with Gasteiger partial charge in [0.1, 0.15) is 0 Å². The number of rotatable bonds is 4. The molecule has 0 radical (unpaired) electrons. The Balaban J connectivity index is 1.95. The van der Waals surface area contributed by atoms with Crippen LogP contribution in [-0.4, -0.2) is 5.78 Å². The van der Waals surface area contributed by atoms with Crippen LogP contribution < -0.4 is 0 Å². The molecule has 0 unspecified atom stereocenters. The molecule has 3 heteroatoms. The van der Waals surface area contributed by atoms with Crippen molar-refractivity contribution in [1.29, 1.82) is 0 Å². The first-order valence-electron chi connectivity index (χ1n) is 7.41. The highest BCUT2D eigenvalue weighted by Gasteiger charge is 2.13. The smallest absolute Gasteiger partial charge is 0.195 e. The van der Waals surface area contributed by atoms with Gasteiger partial charge in [0.15, 0.2) is 5.78 Å². The van der Waals surface area contributed by atoms with E-state index >= 15 is 0 Å². The number of azo groups is 1. The van der Waals surface area contributed by atoms with Crippen molar-refractivity contribution in [3.63, 3.8) is 0 Å². The average Bonchev–Trinajstić information content (AvgIpc) is 2.60. The van der Waals surface area contributed by atoms with Crippen LogP contribution >= 0.6 is 0 Å². The lowest BCUT2D eigenvalue weighted by Gasteiger charge is -2.05. The zero-order chi connectivity index (χ0) is 16.1. The van der Waals surface area contributed by atoms with Gasteiger partial charge in [0.2, 0.25) is 0 Å². The summed E-state index contributed by atoms with van der Waals surface area (Å²) in [5, 5.41) is 8.45. The summed E-state index contributed by atoms with van der Waals surface area (Å²) in [4.78, 5) is 12.7. The van der Waals surface area contributed by atoms with Gasteiger partial charge in [0.25, 0.3) is 0 Å². The van der Waals surface area contributed by atoms with Crippen LogP contribution in [0.25, 0.3) is 0 Å². The van der Waals surface area contributed by atoms with Gasteiger partial charge in [-0.3, -0.25) is 4.79 Å². The summed E-state index contributed by atoms with van der Waals surface area (Å²) in [5.74, 6) is -0.0451. The second-order valence-corrected chi connectivity index (χ2v) is 5.25. The fourth-order valence-electron chi connectivity index (χ4n) is 2.30. The van der Waals surface area contributed by atoms with Crippen molar-refractivity contribution < 1.29 is 4.79 Å². The molecule has 0 atom stereocenters. The van der Waals surface area contributed by atoms with E-state index in [0.29, 0.717) is 16.8 Å². The fourth-order valence-corrected chi connectivity index (χ4v) is 2.30. The highest BCUT2D eigenvalue weighted by molar-refractivity contribution is 6.12. The van der Waals surface area contributed by atoms with Crippen molar-refractivity contribution in [3.05, 3.63) is 95.6 Å². The van der Waals surface area contributed by atoms with Crippen molar-refractivity contribution in [2.24, 2.45) is 10.2 Å². The van der Waals surface area contributed by atoms with E-state index < -0.39 is 0 Å². The van der Waals surface area contributed by atoms with Crippen LogP contribution in [0.15, 0.2) is 89.1 Å². The first kappa shape index (κ1) is 14.9. The Hall–Kier alpha value is -3.07. The number of carbonyl (C=O) groups is 1. The van der Waals surface area contributed by atoms with Crippen LogP contribution in [0.4, 0.5) is 11.4 Å². The zero-order valence-electron chi connectivity index (χ0n) is 12.8. The molecular weight excluding hydrogens is 284 g/mol. The maximum Gasteiger partial charge on any atom is 0.195 e. The van der Waals surface area contributed by atoms with Crippen LogP contribution in [0.3, 0.4) is 0 Å². The summed E-state index contributed by atoms with van der Waals surface area (Å²) in [6, 6.07) is 24.3. The summed E-state index contributed by atoms with van der Waals surface area (Å²) in [5.41, 5.74) is 3.59. The van der Waals surface area contributed by atoms with Crippen LogP contribution in [-0.2, 0) is 0 Å². The van der Waals surface area contributed by atoms with Gasteiger partial charge >= 0.3 is 0 Å². The lowest BCUT2D eigenvalue weighted by molar-refractivity contribution is 0.103. The molecule has 0 aliphatic carbocycles. The van der Waals surface area contributed by atoms with Crippen LogP contribution in [0.2, 0.25) is 0 Å². The number of ketones is 1. The zero-order valence-corrected chi connectivity index (χ0v) is 12.8. The molecule has 3 nitrogen and oxygen atoms in total. The molecule has 0 fully saturated rings.